The number of carbonyl (C=O) groups is 2. The molecule has 0 radical (unpaired) electrons. The summed E-state index contributed by atoms with van der Waals surface area (Å²) < 4.78 is 0. The Morgan fingerprint density at radius 3 is 2.43 bits per heavy atom. The van der Waals surface area contributed by atoms with Crippen LogP contribution in [0.2, 0.25) is 0 Å². The summed E-state index contributed by atoms with van der Waals surface area (Å²) in [6, 6.07) is 3.57. The maximum absolute atomic E-state index is 13.9. The average Bonchev–Trinajstić information content (AvgIpc) is 3.23. The predicted octanol–water partition coefficient (Wildman–Crippen LogP) is 5.84. The normalized spacial score (nSPS) is 22.4. The van der Waals surface area contributed by atoms with E-state index >= 15 is 0 Å². The second kappa shape index (κ2) is 11.7. The second-order valence-electron chi connectivity index (χ2n) is 10.6. The van der Waals surface area contributed by atoms with Gasteiger partial charge in [0.15, 0.2) is 0 Å². The zero-order chi connectivity index (χ0) is 25.6. The standard InChI is InChI=1S/C27H35N3O4S/c1-18-5-7-19(8-6-18)25(31)30(21-11-9-20(10-12-21)29-34-16-15-28)23-17-22(13-14-27(2,3)4)35-24(23)26(32)33/h17-19,21H,5-12,16H2,1-4H3,(H,32,33). The minimum atomic E-state index is -1.04. The smallest absolute Gasteiger partial charge is 0.348 e. The molecule has 0 unspecified atom stereocenters. The van der Waals surface area contributed by atoms with E-state index in [0.29, 0.717) is 42.2 Å². The molecule has 0 atom stereocenters. The fraction of sp³-hybridized carbons (Fsp3) is 0.630. The van der Waals surface area contributed by atoms with E-state index < -0.39 is 5.97 Å². The maximum atomic E-state index is 13.9. The Kier molecular flexibility index (Phi) is 8.97. The first-order chi connectivity index (χ1) is 16.6. The van der Waals surface area contributed by atoms with E-state index in [0.717, 1.165) is 42.7 Å². The van der Waals surface area contributed by atoms with Crippen LogP contribution in [0, 0.1) is 40.4 Å². The van der Waals surface area contributed by atoms with Crippen LogP contribution in [0.3, 0.4) is 0 Å². The monoisotopic (exact) mass is 497 g/mol. The lowest BCUT2D eigenvalue weighted by atomic mass is 9.81. The third-order valence-corrected chi connectivity index (χ3v) is 7.58. The molecule has 1 heterocycles. The summed E-state index contributed by atoms with van der Waals surface area (Å²) in [5, 5.41) is 22.7. The number of oxime groups is 1. The first kappa shape index (κ1) is 26.8. The van der Waals surface area contributed by atoms with Crippen LogP contribution in [0.25, 0.3) is 0 Å². The molecule has 188 valence electrons. The van der Waals surface area contributed by atoms with Gasteiger partial charge in [0.2, 0.25) is 12.5 Å². The molecule has 2 saturated carbocycles. The van der Waals surface area contributed by atoms with Crippen molar-refractivity contribution < 1.29 is 19.5 Å². The van der Waals surface area contributed by atoms with Crippen LogP contribution in [0.15, 0.2) is 11.2 Å². The summed E-state index contributed by atoms with van der Waals surface area (Å²) in [5.74, 6) is 5.81. The molecule has 1 N–H and O–H groups in total. The fourth-order valence-electron chi connectivity index (χ4n) is 4.66. The van der Waals surface area contributed by atoms with Gasteiger partial charge >= 0.3 is 5.97 Å². The van der Waals surface area contributed by atoms with E-state index in [1.165, 1.54) is 0 Å². The van der Waals surface area contributed by atoms with Crippen molar-refractivity contribution in [3.63, 3.8) is 0 Å². The SMILES string of the molecule is CC1CCC(C(=O)N(c2cc(C#CC(C)(C)C)sc2C(=O)O)C2CCC(=NOCC#N)CC2)CC1. The number of hydrogen-bond donors (Lipinski definition) is 1. The highest BCUT2D eigenvalue weighted by Gasteiger charge is 2.37. The molecule has 3 rings (SSSR count). The van der Waals surface area contributed by atoms with E-state index in [2.05, 4.69) is 23.9 Å². The van der Waals surface area contributed by atoms with Crippen molar-refractivity contribution in [2.45, 2.75) is 85.1 Å². The van der Waals surface area contributed by atoms with Gasteiger partial charge in [-0.15, -0.1) is 11.3 Å². The topological polar surface area (TPSA) is 103 Å². The van der Waals surface area contributed by atoms with E-state index in [9.17, 15) is 14.7 Å². The number of carboxylic acid groups (broad SMARTS) is 1. The van der Waals surface area contributed by atoms with Crippen molar-refractivity contribution in [1.29, 1.82) is 5.26 Å². The number of carbonyl (C=O) groups excluding carboxylic acids is 1. The number of nitriles is 1. The minimum Gasteiger partial charge on any atom is -0.477 e. The molecule has 2 aliphatic rings. The van der Waals surface area contributed by atoms with Crippen molar-refractivity contribution >= 4 is 34.6 Å². The Morgan fingerprint density at radius 1 is 1.20 bits per heavy atom. The van der Waals surface area contributed by atoms with E-state index in [1.807, 2.05) is 26.8 Å². The van der Waals surface area contributed by atoms with Crippen molar-refractivity contribution in [3.05, 3.63) is 15.8 Å². The summed E-state index contributed by atoms with van der Waals surface area (Å²) in [6.45, 7) is 8.15. The Balaban J connectivity index is 1.94. The lowest BCUT2D eigenvalue weighted by molar-refractivity contribution is -0.124. The van der Waals surface area contributed by atoms with Gasteiger partial charge in [-0.3, -0.25) is 4.79 Å². The van der Waals surface area contributed by atoms with Crippen molar-refractivity contribution in [3.8, 4) is 17.9 Å². The summed E-state index contributed by atoms with van der Waals surface area (Å²) in [7, 11) is 0. The van der Waals surface area contributed by atoms with Crippen molar-refractivity contribution in [2.24, 2.45) is 22.4 Å². The van der Waals surface area contributed by atoms with Gasteiger partial charge in [-0.05, 0) is 84.1 Å². The van der Waals surface area contributed by atoms with E-state index in [-0.39, 0.29) is 34.8 Å². The van der Waals surface area contributed by atoms with Gasteiger partial charge in [0.1, 0.15) is 10.9 Å². The van der Waals surface area contributed by atoms with Gasteiger partial charge < -0.3 is 14.8 Å². The van der Waals surface area contributed by atoms with Crippen LogP contribution >= 0.6 is 11.3 Å². The van der Waals surface area contributed by atoms with E-state index in [1.54, 1.807) is 11.0 Å². The Hall–Kier alpha value is -2.84. The number of anilines is 1. The van der Waals surface area contributed by atoms with Crippen LogP contribution in [0.1, 0.15) is 93.6 Å². The molecule has 0 aromatic carbocycles. The third-order valence-electron chi connectivity index (χ3n) is 6.55. The molecule has 0 saturated heterocycles. The molecule has 1 amide bonds. The van der Waals surface area contributed by atoms with Crippen LogP contribution in [-0.2, 0) is 9.63 Å². The highest BCUT2D eigenvalue weighted by molar-refractivity contribution is 7.15. The number of aromatic carboxylic acids is 1. The lowest BCUT2D eigenvalue weighted by Gasteiger charge is -2.38. The van der Waals surface area contributed by atoms with Gasteiger partial charge in [0.25, 0.3) is 0 Å². The first-order valence-corrected chi connectivity index (χ1v) is 13.2. The van der Waals surface area contributed by atoms with Gasteiger partial charge in [-0.1, -0.05) is 23.9 Å². The van der Waals surface area contributed by atoms with Crippen LogP contribution in [-0.4, -0.2) is 35.3 Å². The number of nitrogens with zero attached hydrogens (tertiary/aromatic N) is 3. The number of carboxylic acids is 1. The molecule has 7 nitrogen and oxygen atoms in total. The molecule has 2 aliphatic carbocycles. The predicted molar refractivity (Wildman–Crippen MR) is 137 cm³/mol. The number of thiophene rings is 1. The Labute approximate surface area is 212 Å². The summed E-state index contributed by atoms with van der Waals surface area (Å²) in [5.41, 5.74) is 1.13. The molecular formula is C27H35N3O4S. The molecule has 0 bridgehead atoms. The number of hydrogen-bond acceptors (Lipinski definition) is 6. The Bertz CT molecular complexity index is 1050. The van der Waals surface area contributed by atoms with Gasteiger partial charge in [-0.2, -0.15) is 5.26 Å². The molecular weight excluding hydrogens is 462 g/mol. The first-order valence-electron chi connectivity index (χ1n) is 12.4. The zero-order valence-electron chi connectivity index (χ0n) is 21.1. The summed E-state index contributed by atoms with van der Waals surface area (Å²) >= 11 is 1.14. The van der Waals surface area contributed by atoms with Crippen LogP contribution in [0.4, 0.5) is 5.69 Å². The quantitative estimate of drug-likeness (QED) is 0.302. The molecule has 0 aliphatic heterocycles. The molecule has 1 aromatic rings. The van der Waals surface area contributed by atoms with Crippen LogP contribution < -0.4 is 4.90 Å². The molecule has 0 spiro atoms. The fourth-order valence-corrected chi connectivity index (χ4v) is 5.50. The van der Waals surface area contributed by atoms with E-state index in [4.69, 9.17) is 10.1 Å². The second-order valence-corrected chi connectivity index (χ2v) is 11.7. The van der Waals surface area contributed by atoms with Crippen molar-refractivity contribution in [1.82, 2.24) is 0 Å². The average molecular weight is 498 g/mol. The highest BCUT2D eigenvalue weighted by Crippen LogP contribution is 2.38. The van der Waals surface area contributed by atoms with Crippen molar-refractivity contribution in [2.75, 3.05) is 11.5 Å². The lowest BCUT2D eigenvalue weighted by Crippen LogP contribution is -2.46. The third kappa shape index (κ3) is 7.32. The van der Waals surface area contributed by atoms with Gasteiger partial charge in [-0.25, -0.2) is 4.79 Å². The largest absolute Gasteiger partial charge is 0.477 e. The van der Waals surface area contributed by atoms with Gasteiger partial charge in [0, 0.05) is 17.4 Å². The molecule has 8 heteroatoms. The Morgan fingerprint density at radius 2 is 1.86 bits per heavy atom. The molecule has 1 aromatic heterocycles. The van der Waals surface area contributed by atoms with Crippen LogP contribution in [0.5, 0.6) is 0 Å². The molecule has 35 heavy (non-hydrogen) atoms. The minimum absolute atomic E-state index is 0.0265. The maximum Gasteiger partial charge on any atom is 0.348 e. The van der Waals surface area contributed by atoms with Gasteiger partial charge in [0.05, 0.1) is 16.3 Å². The number of rotatable bonds is 6. The zero-order valence-corrected chi connectivity index (χ0v) is 21.9. The highest BCUT2D eigenvalue weighted by atomic mass is 32.1. The molecule has 2 fully saturated rings. The number of amides is 1. The summed E-state index contributed by atoms with van der Waals surface area (Å²) in [4.78, 5) is 33.7. The summed E-state index contributed by atoms with van der Waals surface area (Å²) in [6.07, 6.45) is 6.32.